The van der Waals surface area contributed by atoms with Crippen LogP contribution in [0.4, 0.5) is 13.2 Å². The number of hydrogen-bond acceptors (Lipinski definition) is 2. The van der Waals surface area contributed by atoms with Gasteiger partial charge in [0, 0.05) is 18.5 Å². The molecule has 1 aromatic rings. The molecule has 2 N–H and O–H groups in total. The zero-order chi connectivity index (χ0) is 16.2. The molecule has 2 rings (SSSR count). The third kappa shape index (κ3) is 6.03. The van der Waals surface area contributed by atoms with Crippen molar-refractivity contribution < 1.29 is 18.0 Å². The van der Waals surface area contributed by atoms with Crippen molar-refractivity contribution in [3.63, 3.8) is 0 Å². The van der Waals surface area contributed by atoms with Crippen LogP contribution in [0.1, 0.15) is 30.9 Å². The van der Waals surface area contributed by atoms with E-state index in [0.29, 0.717) is 12.0 Å². The summed E-state index contributed by atoms with van der Waals surface area (Å²) in [5.74, 6) is -0.462. The van der Waals surface area contributed by atoms with Crippen LogP contribution in [0, 0.1) is 5.92 Å². The van der Waals surface area contributed by atoms with Crippen LogP contribution in [0.5, 0.6) is 0 Å². The smallest absolute Gasteiger partial charge is 0.352 e. The second-order valence-electron chi connectivity index (χ2n) is 5.86. The quantitative estimate of drug-likeness (QED) is 0.875. The molecule has 1 amide bonds. The number of carbonyl (C=O) groups is 1. The van der Waals surface area contributed by atoms with Crippen LogP contribution < -0.4 is 10.6 Å². The van der Waals surface area contributed by atoms with Crippen LogP contribution in [0.2, 0.25) is 0 Å². The predicted octanol–water partition coefficient (Wildman–Crippen LogP) is 3.17. The van der Waals surface area contributed by atoms with Crippen molar-refractivity contribution in [2.75, 3.05) is 13.1 Å². The van der Waals surface area contributed by atoms with Crippen molar-refractivity contribution in [1.29, 1.82) is 0 Å². The number of halogens is 4. The first-order valence-corrected chi connectivity index (χ1v) is 7.53. The molecule has 1 heterocycles. The van der Waals surface area contributed by atoms with Gasteiger partial charge in [0.25, 0.3) is 0 Å². The number of amides is 1. The van der Waals surface area contributed by atoms with Gasteiger partial charge in [0.2, 0.25) is 5.91 Å². The van der Waals surface area contributed by atoms with E-state index in [0.717, 1.165) is 38.1 Å². The average Bonchev–Trinajstić information content (AvgIpc) is 2.47. The summed E-state index contributed by atoms with van der Waals surface area (Å²) in [6.07, 6.45) is -2.09. The van der Waals surface area contributed by atoms with E-state index < -0.39 is 11.7 Å². The molecule has 0 radical (unpaired) electrons. The standard InChI is InChI=1S/C16H21F3N2O.ClH/c1-11(15(22)21-14-6-3-7-20-10-14)8-12-4-2-5-13(9-12)16(17,18)19;/h2,4-5,9,11,14,20H,3,6-8,10H2,1H3,(H,21,22);1H. The number of alkyl halides is 3. The van der Waals surface area contributed by atoms with E-state index >= 15 is 0 Å². The molecule has 3 nitrogen and oxygen atoms in total. The summed E-state index contributed by atoms with van der Waals surface area (Å²) < 4.78 is 38.1. The van der Waals surface area contributed by atoms with Crippen molar-refractivity contribution in [2.24, 2.45) is 5.92 Å². The van der Waals surface area contributed by atoms with Crippen LogP contribution in [-0.4, -0.2) is 25.0 Å². The molecule has 0 saturated carbocycles. The van der Waals surface area contributed by atoms with E-state index in [1.807, 2.05) is 0 Å². The minimum atomic E-state index is -4.35. The molecule has 2 atom stereocenters. The van der Waals surface area contributed by atoms with Crippen LogP contribution in [-0.2, 0) is 17.4 Å². The Labute approximate surface area is 140 Å². The summed E-state index contributed by atoms with van der Waals surface area (Å²) in [6.45, 7) is 3.46. The molecule has 0 bridgehead atoms. The van der Waals surface area contributed by atoms with Gasteiger partial charge < -0.3 is 10.6 Å². The highest BCUT2D eigenvalue weighted by molar-refractivity contribution is 5.85. The number of hydrogen-bond donors (Lipinski definition) is 2. The Bertz CT molecular complexity index is 516. The minimum Gasteiger partial charge on any atom is -0.352 e. The molecule has 0 aromatic heterocycles. The fourth-order valence-corrected chi connectivity index (χ4v) is 2.64. The normalized spacial score (nSPS) is 19.6. The first-order valence-electron chi connectivity index (χ1n) is 7.53. The number of rotatable bonds is 4. The van der Waals surface area contributed by atoms with Crippen LogP contribution in [0.15, 0.2) is 24.3 Å². The van der Waals surface area contributed by atoms with Crippen molar-refractivity contribution in [2.45, 2.75) is 38.4 Å². The lowest BCUT2D eigenvalue weighted by Gasteiger charge is -2.25. The number of benzene rings is 1. The maximum absolute atomic E-state index is 12.7. The van der Waals surface area contributed by atoms with Gasteiger partial charge in [-0.05, 0) is 37.4 Å². The second-order valence-corrected chi connectivity index (χ2v) is 5.86. The first kappa shape index (κ1) is 19.8. The molecule has 23 heavy (non-hydrogen) atoms. The van der Waals surface area contributed by atoms with Crippen LogP contribution in [0.25, 0.3) is 0 Å². The Hall–Kier alpha value is -1.27. The molecule has 7 heteroatoms. The second kappa shape index (κ2) is 8.55. The molecule has 1 saturated heterocycles. The molecule has 0 spiro atoms. The van der Waals surface area contributed by atoms with E-state index in [1.165, 1.54) is 6.07 Å². The van der Waals surface area contributed by atoms with Crippen molar-refractivity contribution in [1.82, 2.24) is 10.6 Å². The van der Waals surface area contributed by atoms with Gasteiger partial charge in [-0.2, -0.15) is 13.2 Å². The van der Waals surface area contributed by atoms with Crippen LogP contribution in [0.3, 0.4) is 0 Å². The third-order valence-electron chi connectivity index (χ3n) is 3.89. The van der Waals surface area contributed by atoms with E-state index in [-0.39, 0.29) is 30.3 Å². The van der Waals surface area contributed by atoms with E-state index in [4.69, 9.17) is 0 Å². The fourth-order valence-electron chi connectivity index (χ4n) is 2.64. The summed E-state index contributed by atoms with van der Waals surface area (Å²) in [5, 5.41) is 6.17. The Balaban J connectivity index is 0.00000264. The van der Waals surface area contributed by atoms with Crippen molar-refractivity contribution in [3.8, 4) is 0 Å². The zero-order valence-electron chi connectivity index (χ0n) is 13.0. The molecule has 2 unspecified atom stereocenters. The summed E-state index contributed by atoms with van der Waals surface area (Å²) in [5.41, 5.74) is -0.145. The molecule has 1 fully saturated rings. The Kier molecular flexibility index (Phi) is 7.35. The van der Waals surface area contributed by atoms with Gasteiger partial charge >= 0.3 is 6.18 Å². The molecule has 1 aliphatic heterocycles. The van der Waals surface area contributed by atoms with Gasteiger partial charge in [-0.25, -0.2) is 0 Å². The zero-order valence-corrected chi connectivity index (χ0v) is 13.8. The first-order chi connectivity index (χ1) is 10.4. The summed E-state index contributed by atoms with van der Waals surface area (Å²) in [6, 6.07) is 5.29. The minimum absolute atomic E-state index is 0. The fraction of sp³-hybridized carbons (Fsp3) is 0.562. The highest BCUT2D eigenvalue weighted by atomic mass is 35.5. The Morgan fingerprint density at radius 1 is 1.43 bits per heavy atom. The highest BCUT2D eigenvalue weighted by Gasteiger charge is 2.30. The maximum atomic E-state index is 12.7. The molecule has 1 aromatic carbocycles. The largest absolute Gasteiger partial charge is 0.416 e. The molecular weight excluding hydrogens is 329 g/mol. The van der Waals surface area contributed by atoms with Gasteiger partial charge in [-0.1, -0.05) is 25.1 Å². The number of carbonyl (C=O) groups excluding carboxylic acids is 1. The SMILES string of the molecule is CC(Cc1cccc(C(F)(F)F)c1)C(=O)NC1CCCNC1.Cl. The van der Waals surface area contributed by atoms with Gasteiger partial charge in [0.1, 0.15) is 0 Å². The molecular formula is C16H22ClF3N2O. The Morgan fingerprint density at radius 2 is 2.17 bits per heavy atom. The van der Waals surface area contributed by atoms with E-state index in [1.54, 1.807) is 13.0 Å². The molecule has 130 valence electrons. The Morgan fingerprint density at radius 3 is 2.78 bits per heavy atom. The predicted molar refractivity (Wildman–Crippen MR) is 85.6 cm³/mol. The van der Waals surface area contributed by atoms with E-state index in [9.17, 15) is 18.0 Å². The highest BCUT2D eigenvalue weighted by Crippen LogP contribution is 2.30. The van der Waals surface area contributed by atoms with Gasteiger partial charge in [-0.3, -0.25) is 4.79 Å². The lowest BCUT2D eigenvalue weighted by atomic mass is 9.98. The third-order valence-corrected chi connectivity index (χ3v) is 3.89. The van der Waals surface area contributed by atoms with Gasteiger partial charge in [0.05, 0.1) is 5.56 Å². The summed E-state index contributed by atoms with van der Waals surface area (Å²) >= 11 is 0. The van der Waals surface area contributed by atoms with Gasteiger partial charge in [0.15, 0.2) is 0 Å². The van der Waals surface area contributed by atoms with Crippen molar-refractivity contribution in [3.05, 3.63) is 35.4 Å². The number of nitrogens with one attached hydrogen (secondary N) is 2. The summed E-state index contributed by atoms with van der Waals surface area (Å²) in [4.78, 5) is 12.1. The molecule has 1 aliphatic rings. The number of piperidine rings is 1. The van der Waals surface area contributed by atoms with Crippen LogP contribution >= 0.6 is 12.4 Å². The monoisotopic (exact) mass is 350 g/mol. The summed E-state index contributed by atoms with van der Waals surface area (Å²) in [7, 11) is 0. The average molecular weight is 351 g/mol. The van der Waals surface area contributed by atoms with Crippen molar-refractivity contribution >= 4 is 18.3 Å². The lowest BCUT2D eigenvalue weighted by Crippen LogP contribution is -2.47. The molecule has 0 aliphatic carbocycles. The van der Waals surface area contributed by atoms with Gasteiger partial charge in [-0.15, -0.1) is 12.4 Å². The topological polar surface area (TPSA) is 41.1 Å². The maximum Gasteiger partial charge on any atom is 0.416 e. The lowest BCUT2D eigenvalue weighted by molar-refractivity contribution is -0.137. The van der Waals surface area contributed by atoms with E-state index in [2.05, 4.69) is 10.6 Å².